The van der Waals surface area contributed by atoms with Crippen molar-refractivity contribution in [2.45, 2.75) is 97.0 Å². The van der Waals surface area contributed by atoms with Gasteiger partial charge in [0.15, 0.2) is 5.41 Å². The van der Waals surface area contributed by atoms with Crippen molar-refractivity contribution in [1.29, 1.82) is 0 Å². The van der Waals surface area contributed by atoms with Crippen LogP contribution in [-0.4, -0.2) is 41.6 Å². The van der Waals surface area contributed by atoms with E-state index in [1.54, 1.807) is 0 Å². The molecule has 0 aliphatic carbocycles. The van der Waals surface area contributed by atoms with Gasteiger partial charge in [-0.2, -0.15) is 0 Å². The summed E-state index contributed by atoms with van der Waals surface area (Å²) in [5.41, 5.74) is -0.805. The van der Waals surface area contributed by atoms with Crippen molar-refractivity contribution >= 4 is 10.2 Å². The Bertz CT molecular complexity index is 230. The third-order valence-electron chi connectivity index (χ3n) is 3.83. The minimum atomic E-state index is -0.805. The Morgan fingerprint density at radius 1 is 0.727 bits per heavy atom. The molecule has 0 saturated heterocycles. The molecule has 0 aromatic heterocycles. The molecule has 0 heterocycles. The van der Waals surface area contributed by atoms with E-state index in [4.69, 9.17) is 14.2 Å². The minimum Gasteiger partial charge on any atom is -0.373 e. The van der Waals surface area contributed by atoms with Crippen LogP contribution in [0.5, 0.6) is 0 Å². The number of ether oxygens (including phenoxy) is 3. The van der Waals surface area contributed by atoms with Crippen molar-refractivity contribution in [3.05, 3.63) is 0 Å². The second-order valence-electron chi connectivity index (χ2n) is 5.74. The van der Waals surface area contributed by atoms with Gasteiger partial charge in [-0.3, -0.25) is 0 Å². The third-order valence-corrected chi connectivity index (χ3v) is 4.44. The molecule has 22 heavy (non-hydrogen) atoms. The van der Waals surface area contributed by atoms with Crippen LogP contribution in [0.25, 0.3) is 0 Å². The molecule has 0 aliphatic rings. The second-order valence-corrected chi connectivity index (χ2v) is 6.44. The topological polar surface area (TPSA) is 27.7 Å². The highest BCUT2D eigenvalue weighted by Gasteiger charge is 2.35. The van der Waals surface area contributed by atoms with Crippen molar-refractivity contribution in [3.63, 3.8) is 0 Å². The summed E-state index contributed by atoms with van der Waals surface area (Å²) < 4.78 is 17.4. The molecular weight excluding hydrogens is 292 g/mol. The molecule has 0 amide bonds. The van der Waals surface area contributed by atoms with Crippen LogP contribution >= 0.6 is 0 Å². The lowest BCUT2D eigenvalue weighted by molar-refractivity contribution is -0.237. The Labute approximate surface area is 141 Å². The Hall–Kier alpha value is 0.0969. The number of unbranched alkanes of at least 4 members (excludes halogenated alkanes) is 7. The zero-order valence-corrected chi connectivity index (χ0v) is 16.3. The maximum Gasteiger partial charge on any atom is 0.169 e. The van der Waals surface area contributed by atoms with Crippen LogP contribution in [0.1, 0.15) is 85.5 Å². The third kappa shape index (κ3) is 9.98. The predicted octanol–water partition coefficient (Wildman–Crippen LogP) is 4.82. The first kappa shape index (κ1) is 22.1. The predicted molar refractivity (Wildman–Crippen MR) is 94.4 cm³/mol. The van der Waals surface area contributed by atoms with Crippen molar-refractivity contribution in [2.24, 2.45) is 0 Å². The zero-order chi connectivity index (χ0) is 16.7. The Morgan fingerprint density at radius 3 is 1.68 bits per heavy atom. The molecule has 3 nitrogen and oxygen atoms in total. The first-order valence-electron chi connectivity index (χ1n) is 9.29. The summed E-state index contributed by atoms with van der Waals surface area (Å²) in [5.74, 6) is 0. The van der Waals surface area contributed by atoms with Gasteiger partial charge in [-0.25, -0.2) is 0 Å². The molecule has 0 aliphatic heterocycles. The molecule has 131 valence electrons. The van der Waals surface area contributed by atoms with Gasteiger partial charge in [0.25, 0.3) is 0 Å². The number of hydrogen-bond donors (Lipinski definition) is 0. The molecule has 0 bridgehead atoms. The van der Waals surface area contributed by atoms with Gasteiger partial charge < -0.3 is 14.2 Å². The smallest absolute Gasteiger partial charge is 0.169 e. The van der Waals surface area contributed by atoms with Gasteiger partial charge in [0, 0.05) is 19.8 Å². The van der Waals surface area contributed by atoms with Crippen molar-refractivity contribution in [2.75, 3.05) is 19.8 Å². The molecule has 0 aromatic rings. The Balaban J connectivity index is 4.06. The van der Waals surface area contributed by atoms with Crippen molar-refractivity contribution < 1.29 is 14.2 Å². The highest BCUT2D eigenvalue weighted by molar-refractivity contribution is 6.13. The first-order chi connectivity index (χ1) is 10.6. The molecule has 0 spiro atoms. The van der Waals surface area contributed by atoms with E-state index in [-0.39, 0.29) is 6.10 Å². The molecule has 1 atom stereocenters. The molecular formula is C18H37O3Si. The van der Waals surface area contributed by atoms with Gasteiger partial charge >= 0.3 is 0 Å². The van der Waals surface area contributed by atoms with E-state index in [2.05, 4.69) is 17.2 Å². The molecule has 0 rings (SSSR count). The van der Waals surface area contributed by atoms with Crippen LogP contribution in [0, 0.1) is 0 Å². The van der Waals surface area contributed by atoms with E-state index in [9.17, 15) is 0 Å². The molecule has 0 saturated carbocycles. The summed E-state index contributed by atoms with van der Waals surface area (Å²) in [6.45, 7) is 10.1. The summed E-state index contributed by atoms with van der Waals surface area (Å²) >= 11 is 0. The van der Waals surface area contributed by atoms with Gasteiger partial charge in [0.05, 0.1) is 0 Å². The van der Waals surface area contributed by atoms with Crippen LogP contribution in [0.15, 0.2) is 0 Å². The largest absolute Gasteiger partial charge is 0.373 e. The van der Waals surface area contributed by atoms with E-state index >= 15 is 0 Å². The SMILES string of the molecule is CCCCCCCCCCC(OCC)C([Si])(OCC)OCC. The highest BCUT2D eigenvalue weighted by Crippen LogP contribution is 2.23. The van der Waals surface area contributed by atoms with Crippen LogP contribution in [-0.2, 0) is 14.2 Å². The lowest BCUT2D eigenvalue weighted by Crippen LogP contribution is -2.49. The summed E-state index contributed by atoms with van der Waals surface area (Å²) in [5, 5.41) is 0. The standard InChI is InChI=1S/C18H37O3Si/c1-5-9-10-11-12-13-14-15-16-17(19-6-2)18(22,20-7-3)21-8-4/h17H,5-16H2,1-4H3. The van der Waals surface area contributed by atoms with E-state index < -0.39 is 5.41 Å². The fourth-order valence-corrected chi connectivity index (χ4v) is 3.22. The van der Waals surface area contributed by atoms with Crippen LogP contribution in [0.3, 0.4) is 0 Å². The molecule has 0 aromatic carbocycles. The molecule has 3 radical (unpaired) electrons. The van der Waals surface area contributed by atoms with Crippen LogP contribution in [0.2, 0.25) is 0 Å². The molecule has 0 fully saturated rings. The number of hydrogen-bond acceptors (Lipinski definition) is 3. The van der Waals surface area contributed by atoms with Crippen molar-refractivity contribution in [1.82, 2.24) is 0 Å². The fourth-order valence-electron chi connectivity index (χ4n) is 2.70. The van der Waals surface area contributed by atoms with Crippen molar-refractivity contribution in [3.8, 4) is 0 Å². The quantitative estimate of drug-likeness (QED) is 0.231. The van der Waals surface area contributed by atoms with Crippen LogP contribution in [0.4, 0.5) is 0 Å². The van der Waals surface area contributed by atoms with Gasteiger partial charge in [0.1, 0.15) is 16.3 Å². The highest BCUT2D eigenvalue weighted by atomic mass is 28.1. The van der Waals surface area contributed by atoms with Gasteiger partial charge in [-0.15, -0.1) is 0 Å². The average Bonchev–Trinajstić information content (AvgIpc) is 2.49. The summed E-state index contributed by atoms with van der Waals surface area (Å²) in [7, 11) is 3.67. The molecule has 4 heteroatoms. The Morgan fingerprint density at radius 2 is 1.23 bits per heavy atom. The van der Waals surface area contributed by atoms with Gasteiger partial charge in [-0.05, 0) is 27.2 Å². The normalized spacial score (nSPS) is 13.5. The lowest BCUT2D eigenvalue weighted by Gasteiger charge is -2.37. The maximum absolute atomic E-state index is 5.87. The summed E-state index contributed by atoms with van der Waals surface area (Å²) in [6, 6.07) is 0. The monoisotopic (exact) mass is 329 g/mol. The van der Waals surface area contributed by atoms with Gasteiger partial charge in [0.2, 0.25) is 0 Å². The van der Waals surface area contributed by atoms with Gasteiger partial charge in [-0.1, -0.05) is 58.3 Å². The van der Waals surface area contributed by atoms with Crippen LogP contribution < -0.4 is 0 Å². The first-order valence-corrected chi connectivity index (χ1v) is 9.79. The Kier molecular flexibility index (Phi) is 14.7. The maximum atomic E-state index is 5.87. The van der Waals surface area contributed by atoms with E-state index in [1.165, 1.54) is 44.9 Å². The average molecular weight is 330 g/mol. The molecule has 0 N–H and O–H groups in total. The zero-order valence-electron chi connectivity index (χ0n) is 15.3. The molecule has 1 unspecified atom stereocenters. The number of rotatable bonds is 16. The van der Waals surface area contributed by atoms with E-state index in [0.717, 1.165) is 12.8 Å². The summed E-state index contributed by atoms with van der Waals surface area (Å²) in [4.78, 5) is 0. The lowest BCUT2D eigenvalue weighted by atomic mass is 10.1. The van der Waals surface area contributed by atoms with E-state index in [1.807, 2.05) is 20.8 Å². The fraction of sp³-hybridized carbons (Fsp3) is 1.00. The minimum absolute atomic E-state index is 0.0610. The summed E-state index contributed by atoms with van der Waals surface area (Å²) in [6.07, 6.45) is 11.5. The van der Waals surface area contributed by atoms with E-state index in [0.29, 0.717) is 19.8 Å². The second kappa shape index (κ2) is 14.7.